The third-order valence-corrected chi connectivity index (χ3v) is 4.89. The Morgan fingerprint density at radius 3 is 2.45 bits per heavy atom. The van der Waals surface area contributed by atoms with Crippen molar-refractivity contribution in [3.05, 3.63) is 23.8 Å². The van der Waals surface area contributed by atoms with Crippen molar-refractivity contribution in [1.29, 1.82) is 0 Å². The molecule has 2 nitrogen and oxygen atoms in total. The molecular weight excluding hydrogens is 284 g/mol. The van der Waals surface area contributed by atoms with E-state index in [1.807, 2.05) is 11.8 Å². The van der Waals surface area contributed by atoms with Crippen molar-refractivity contribution in [2.24, 2.45) is 5.73 Å². The van der Waals surface area contributed by atoms with E-state index in [9.17, 15) is 0 Å². The Labute approximate surface area is 132 Å². The predicted octanol–water partition coefficient (Wildman–Crippen LogP) is 4.20. The summed E-state index contributed by atoms with van der Waals surface area (Å²) in [4.78, 5) is 4.23. The molecule has 4 heteroatoms. The first-order valence-electron chi connectivity index (χ1n) is 7.54. The maximum Gasteiger partial charge on any atom is 0.107 e. The maximum absolute atomic E-state index is 6.01. The summed E-state index contributed by atoms with van der Waals surface area (Å²) in [6, 6.07) is 6.44. The van der Waals surface area contributed by atoms with Gasteiger partial charge in [-0.05, 0) is 30.7 Å². The Morgan fingerprint density at radius 1 is 1.20 bits per heavy atom. The Kier molecular flexibility index (Phi) is 6.17. The van der Waals surface area contributed by atoms with Crippen molar-refractivity contribution in [3.8, 4) is 0 Å². The van der Waals surface area contributed by atoms with Crippen LogP contribution >= 0.6 is 24.0 Å². The largest absolute Gasteiger partial charge is 0.389 e. The molecule has 1 aromatic rings. The van der Waals surface area contributed by atoms with E-state index in [0.717, 1.165) is 24.4 Å². The van der Waals surface area contributed by atoms with Crippen LogP contribution in [0.25, 0.3) is 0 Å². The first kappa shape index (κ1) is 15.6. The van der Waals surface area contributed by atoms with Crippen molar-refractivity contribution in [2.75, 3.05) is 23.7 Å². The Balaban J connectivity index is 2.33. The number of nitrogens with zero attached hydrogens (tertiary/aromatic N) is 1. The van der Waals surface area contributed by atoms with Crippen molar-refractivity contribution in [1.82, 2.24) is 0 Å². The molecule has 0 unspecified atom stereocenters. The second-order valence-electron chi connectivity index (χ2n) is 5.20. The minimum Gasteiger partial charge on any atom is -0.389 e. The van der Waals surface area contributed by atoms with Crippen molar-refractivity contribution in [2.45, 2.75) is 43.9 Å². The zero-order valence-electron chi connectivity index (χ0n) is 12.2. The van der Waals surface area contributed by atoms with Gasteiger partial charge >= 0.3 is 0 Å². The van der Waals surface area contributed by atoms with Crippen LogP contribution in [0.4, 0.5) is 5.69 Å². The first-order valence-corrected chi connectivity index (χ1v) is 8.94. The lowest BCUT2D eigenvalue weighted by Crippen LogP contribution is -2.29. The Hall–Kier alpha value is -0.740. The number of thiocarbonyl (C=S) groups is 1. The van der Waals surface area contributed by atoms with Gasteiger partial charge in [0.15, 0.2) is 0 Å². The predicted molar refractivity (Wildman–Crippen MR) is 94.0 cm³/mol. The molecule has 1 aliphatic rings. The molecule has 110 valence electrons. The van der Waals surface area contributed by atoms with Gasteiger partial charge in [-0.15, -0.1) is 11.8 Å². The zero-order valence-corrected chi connectivity index (χ0v) is 13.9. The van der Waals surface area contributed by atoms with Crippen LogP contribution < -0.4 is 10.6 Å². The summed E-state index contributed by atoms with van der Waals surface area (Å²) in [5.74, 6) is 1.04. The Bertz CT molecular complexity index is 452. The summed E-state index contributed by atoms with van der Waals surface area (Å²) in [5, 5.41) is 0. The SMILES string of the molecule is CCSc1cccc(N2CCCCCCC2)c1C(N)=S. The van der Waals surface area contributed by atoms with Gasteiger partial charge in [-0.25, -0.2) is 0 Å². The molecule has 0 aliphatic carbocycles. The van der Waals surface area contributed by atoms with Gasteiger partial charge in [0, 0.05) is 29.2 Å². The Morgan fingerprint density at radius 2 is 1.85 bits per heavy atom. The number of hydrogen-bond donors (Lipinski definition) is 1. The molecular formula is C16H24N2S2. The smallest absolute Gasteiger partial charge is 0.107 e. The summed E-state index contributed by atoms with van der Waals surface area (Å²) < 4.78 is 0. The second-order valence-corrected chi connectivity index (χ2v) is 6.95. The lowest BCUT2D eigenvalue weighted by atomic mass is 10.1. The van der Waals surface area contributed by atoms with E-state index in [-0.39, 0.29) is 0 Å². The van der Waals surface area contributed by atoms with Crippen LogP contribution in [-0.4, -0.2) is 23.8 Å². The minimum absolute atomic E-state index is 0.526. The highest BCUT2D eigenvalue weighted by molar-refractivity contribution is 7.99. The van der Waals surface area contributed by atoms with Gasteiger partial charge in [0.2, 0.25) is 0 Å². The standard InChI is InChI=1S/C16H24N2S2/c1-2-20-14-10-8-9-13(15(14)16(17)19)18-11-6-4-3-5-7-12-18/h8-10H,2-7,11-12H2,1H3,(H2,17,19). The summed E-state index contributed by atoms with van der Waals surface area (Å²) in [5.41, 5.74) is 8.33. The third kappa shape index (κ3) is 3.89. The average Bonchev–Trinajstić information content (AvgIpc) is 2.38. The van der Waals surface area contributed by atoms with E-state index >= 15 is 0 Å². The lowest BCUT2D eigenvalue weighted by Gasteiger charge is -2.29. The van der Waals surface area contributed by atoms with Crippen LogP contribution in [0, 0.1) is 0 Å². The molecule has 1 fully saturated rings. The number of thioether (sulfide) groups is 1. The number of benzene rings is 1. The topological polar surface area (TPSA) is 29.3 Å². The monoisotopic (exact) mass is 308 g/mol. The fraction of sp³-hybridized carbons (Fsp3) is 0.562. The summed E-state index contributed by atoms with van der Waals surface area (Å²) in [6.45, 7) is 4.41. The summed E-state index contributed by atoms with van der Waals surface area (Å²) in [7, 11) is 0. The van der Waals surface area contributed by atoms with Crippen LogP contribution in [0.5, 0.6) is 0 Å². The molecule has 1 saturated heterocycles. The highest BCUT2D eigenvalue weighted by Gasteiger charge is 2.17. The fourth-order valence-corrected chi connectivity index (χ4v) is 3.92. The van der Waals surface area contributed by atoms with E-state index < -0.39 is 0 Å². The molecule has 2 rings (SSSR count). The van der Waals surface area contributed by atoms with Crippen LogP contribution in [0.15, 0.2) is 23.1 Å². The molecule has 2 N–H and O–H groups in total. The van der Waals surface area contributed by atoms with E-state index in [1.165, 1.54) is 42.7 Å². The molecule has 1 aromatic carbocycles. The quantitative estimate of drug-likeness (QED) is 0.666. The highest BCUT2D eigenvalue weighted by Crippen LogP contribution is 2.32. The van der Waals surface area contributed by atoms with Gasteiger partial charge in [0.1, 0.15) is 4.99 Å². The molecule has 20 heavy (non-hydrogen) atoms. The maximum atomic E-state index is 6.01. The molecule has 0 amide bonds. The molecule has 0 radical (unpaired) electrons. The highest BCUT2D eigenvalue weighted by atomic mass is 32.2. The molecule has 0 atom stereocenters. The molecule has 0 aromatic heterocycles. The average molecular weight is 309 g/mol. The molecule has 1 aliphatic heterocycles. The van der Waals surface area contributed by atoms with E-state index in [4.69, 9.17) is 18.0 Å². The van der Waals surface area contributed by atoms with E-state index in [0.29, 0.717) is 4.99 Å². The fourth-order valence-electron chi connectivity index (χ4n) is 2.79. The second kappa shape index (κ2) is 7.89. The lowest BCUT2D eigenvalue weighted by molar-refractivity contribution is 0.556. The van der Waals surface area contributed by atoms with Gasteiger partial charge in [-0.1, -0.05) is 44.5 Å². The molecule has 0 saturated carbocycles. The number of rotatable bonds is 4. The van der Waals surface area contributed by atoms with Crippen LogP contribution in [-0.2, 0) is 0 Å². The number of nitrogens with two attached hydrogens (primary N) is 1. The first-order chi connectivity index (χ1) is 9.74. The number of anilines is 1. The summed E-state index contributed by atoms with van der Waals surface area (Å²) in [6.07, 6.45) is 6.58. The zero-order chi connectivity index (χ0) is 14.4. The third-order valence-electron chi connectivity index (χ3n) is 3.75. The van der Waals surface area contributed by atoms with E-state index in [1.54, 1.807) is 0 Å². The van der Waals surface area contributed by atoms with Gasteiger partial charge in [0.05, 0.1) is 0 Å². The minimum atomic E-state index is 0.526. The summed E-state index contributed by atoms with van der Waals surface area (Å²) >= 11 is 7.14. The van der Waals surface area contributed by atoms with Gasteiger partial charge in [-0.2, -0.15) is 0 Å². The molecule has 1 heterocycles. The molecule has 0 bridgehead atoms. The van der Waals surface area contributed by atoms with Gasteiger partial charge < -0.3 is 10.6 Å². The van der Waals surface area contributed by atoms with Gasteiger partial charge in [-0.3, -0.25) is 0 Å². The van der Waals surface area contributed by atoms with Crippen LogP contribution in [0.3, 0.4) is 0 Å². The van der Waals surface area contributed by atoms with Crippen molar-refractivity contribution in [3.63, 3.8) is 0 Å². The van der Waals surface area contributed by atoms with Crippen LogP contribution in [0.1, 0.15) is 44.6 Å². The van der Waals surface area contributed by atoms with E-state index in [2.05, 4.69) is 30.0 Å². The van der Waals surface area contributed by atoms with Crippen molar-refractivity contribution < 1.29 is 0 Å². The molecule has 0 spiro atoms. The number of hydrogen-bond acceptors (Lipinski definition) is 3. The van der Waals surface area contributed by atoms with Crippen LogP contribution in [0.2, 0.25) is 0 Å². The normalized spacial score (nSPS) is 16.6. The van der Waals surface area contributed by atoms with Crippen molar-refractivity contribution >= 4 is 34.7 Å². The van der Waals surface area contributed by atoms with Gasteiger partial charge in [0.25, 0.3) is 0 Å².